The van der Waals surface area contributed by atoms with Crippen LogP contribution in [0.25, 0.3) is 0 Å². The van der Waals surface area contributed by atoms with Gasteiger partial charge >= 0.3 is 7.82 Å². The molecule has 0 aromatic heterocycles. The van der Waals surface area contributed by atoms with Crippen LogP contribution in [0.2, 0.25) is 0 Å². The second-order valence-corrected chi connectivity index (χ2v) is 8.12. The van der Waals surface area contributed by atoms with Gasteiger partial charge in [0.05, 0.1) is 24.2 Å². The van der Waals surface area contributed by atoms with E-state index in [1.165, 1.54) is 24.3 Å². The summed E-state index contributed by atoms with van der Waals surface area (Å²) in [5, 5.41) is 10.7. The van der Waals surface area contributed by atoms with E-state index in [-0.39, 0.29) is 18.0 Å². The van der Waals surface area contributed by atoms with Crippen molar-refractivity contribution in [3.8, 4) is 11.5 Å². The van der Waals surface area contributed by atoms with E-state index in [1.807, 2.05) is 25.1 Å². The van der Waals surface area contributed by atoms with Crippen LogP contribution in [0, 0.1) is 10.1 Å². The van der Waals surface area contributed by atoms with Crippen LogP contribution in [0.4, 0.5) is 5.69 Å². The molecule has 0 saturated carbocycles. The fourth-order valence-corrected chi connectivity index (χ4v) is 4.46. The number of nitro groups is 1. The Hall–Kier alpha value is -1.93. The molecule has 0 aliphatic carbocycles. The van der Waals surface area contributed by atoms with Gasteiger partial charge in [-0.1, -0.05) is 15.9 Å². The van der Waals surface area contributed by atoms with Gasteiger partial charge in [-0.15, -0.1) is 0 Å². The summed E-state index contributed by atoms with van der Waals surface area (Å²) in [5.74, 6) is 0.830. The Morgan fingerprint density at radius 2 is 2.00 bits per heavy atom. The highest BCUT2D eigenvalue weighted by atomic mass is 79.9. The lowest BCUT2D eigenvalue weighted by atomic mass is 10.1. The van der Waals surface area contributed by atoms with Crippen LogP contribution >= 0.6 is 23.8 Å². The molecule has 0 amide bonds. The quantitative estimate of drug-likeness (QED) is 0.324. The first-order chi connectivity index (χ1) is 12.9. The van der Waals surface area contributed by atoms with Crippen molar-refractivity contribution in [3.63, 3.8) is 0 Å². The van der Waals surface area contributed by atoms with E-state index in [4.69, 9.17) is 18.3 Å². The predicted molar refractivity (Wildman–Crippen MR) is 101 cm³/mol. The standard InChI is InChI=1S/C17H17BrNO7P/c1-2-23-16-10-12(9-13(18)11-16)17-7-8-24-27(22,26-17)25-15-5-3-14(4-6-15)19(20)21/h3-6,9-11,17H,2,7-8H2,1H3. The maximum atomic E-state index is 12.9. The Balaban J connectivity index is 1.76. The first kappa shape index (κ1) is 19.8. The lowest BCUT2D eigenvalue weighted by molar-refractivity contribution is -0.384. The van der Waals surface area contributed by atoms with Crippen molar-refractivity contribution in [1.82, 2.24) is 0 Å². The van der Waals surface area contributed by atoms with E-state index in [0.29, 0.717) is 18.8 Å². The maximum absolute atomic E-state index is 12.9. The number of hydrogen-bond donors (Lipinski definition) is 0. The molecule has 2 atom stereocenters. The number of non-ortho nitro benzene ring substituents is 1. The monoisotopic (exact) mass is 457 g/mol. The topological polar surface area (TPSA) is 97.1 Å². The van der Waals surface area contributed by atoms with E-state index in [0.717, 1.165) is 10.0 Å². The SMILES string of the molecule is CCOc1cc(Br)cc(C2CCOP(=O)(Oc3ccc([N+](=O)[O-])cc3)O2)c1. The smallest absolute Gasteiger partial charge is 0.494 e. The Bertz CT molecular complexity index is 874. The summed E-state index contributed by atoms with van der Waals surface area (Å²) in [6.45, 7) is 2.59. The minimum Gasteiger partial charge on any atom is -0.494 e. The van der Waals surface area contributed by atoms with Crippen LogP contribution in [0.3, 0.4) is 0 Å². The molecule has 0 bridgehead atoms. The van der Waals surface area contributed by atoms with E-state index in [1.54, 1.807) is 0 Å². The second kappa shape index (κ2) is 8.39. The van der Waals surface area contributed by atoms with Gasteiger partial charge in [0.25, 0.3) is 5.69 Å². The lowest BCUT2D eigenvalue weighted by Crippen LogP contribution is -2.16. The third-order valence-electron chi connectivity index (χ3n) is 3.73. The summed E-state index contributed by atoms with van der Waals surface area (Å²) >= 11 is 3.43. The normalized spacial score (nSPS) is 22.2. The molecule has 0 radical (unpaired) electrons. The molecule has 1 heterocycles. The molecule has 1 aliphatic rings. The number of ether oxygens (including phenoxy) is 1. The van der Waals surface area contributed by atoms with E-state index >= 15 is 0 Å². The molecule has 144 valence electrons. The Morgan fingerprint density at radius 3 is 2.67 bits per heavy atom. The third-order valence-corrected chi connectivity index (χ3v) is 5.63. The number of phosphoric acid groups is 1. The number of halogens is 1. The first-order valence-corrected chi connectivity index (χ1v) is 10.4. The number of rotatable bonds is 6. The van der Waals surface area contributed by atoms with Gasteiger partial charge in [0.2, 0.25) is 0 Å². The van der Waals surface area contributed by atoms with Crippen LogP contribution in [-0.4, -0.2) is 18.1 Å². The van der Waals surface area contributed by atoms with Crippen LogP contribution in [0.1, 0.15) is 25.0 Å². The number of hydrogen-bond acceptors (Lipinski definition) is 7. The fourth-order valence-electron chi connectivity index (χ4n) is 2.56. The van der Waals surface area contributed by atoms with Gasteiger partial charge in [-0.25, -0.2) is 4.57 Å². The summed E-state index contributed by atoms with van der Waals surface area (Å²) in [6, 6.07) is 10.7. The molecular formula is C17H17BrNO7P. The summed E-state index contributed by atoms with van der Waals surface area (Å²) in [7, 11) is -3.87. The van der Waals surface area contributed by atoms with Gasteiger partial charge in [0, 0.05) is 23.0 Å². The molecule has 2 aromatic rings. The van der Waals surface area contributed by atoms with Gasteiger partial charge in [-0.05, 0) is 42.8 Å². The highest BCUT2D eigenvalue weighted by molar-refractivity contribution is 9.10. The highest BCUT2D eigenvalue weighted by Crippen LogP contribution is 2.56. The van der Waals surface area contributed by atoms with Crippen molar-refractivity contribution in [3.05, 3.63) is 62.6 Å². The van der Waals surface area contributed by atoms with Gasteiger partial charge < -0.3 is 9.26 Å². The van der Waals surface area contributed by atoms with E-state index in [2.05, 4.69) is 15.9 Å². The Kier molecular flexibility index (Phi) is 6.16. The maximum Gasteiger partial charge on any atom is 0.530 e. The summed E-state index contributed by atoms with van der Waals surface area (Å²) in [6.07, 6.45) is -0.00495. The minimum atomic E-state index is -3.87. The van der Waals surface area contributed by atoms with E-state index in [9.17, 15) is 14.7 Å². The fraction of sp³-hybridized carbons (Fsp3) is 0.294. The average Bonchev–Trinajstić information content (AvgIpc) is 2.61. The third kappa shape index (κ3) is 5.07. The molecule has 0 spiro atoms. The van der Waals surface area contributed by atoms with Crippen LogP contribution in [-0.2, 0) is 13.6 Å². The zero-order valence-electron chi connectivity index (χ0n) is 14.4. The number of nitrogens with zero attached hydrogens (tertiary/aromatic N) is 1. The predicted octanol–water partition coefficient (Wildman–Crippen LogP) is 5.42. The van der Waals surface area contributed by atoms with Gasteiger partial charge in [0.1, 0.15) is 11.5 Å². The van der Waals surface area contributed by atoms with Gasteiger partial charge in [-0.3, -0.25) is 19.2 Å². The summed E-state index contributed by atoms with van der Waals surface area (Å²) in [4.78, 5) is 10.2. The van der Waals surface area contributed by atoms with Gasteiger partial charge in [0.15, 0.2) is 0 Å². The number of benzene rings is 2. The lowest BCUT2D eigenvalue weighted by Gasteiger charge is -2.29. The van der Waals surface area contributed by atoms with Crippen LogP contribution in [0.15, 0.2) is 46.9 Å². The van der Waals surface area contributed by atoms with Gasteiger partial charge in [-0.2, -0.15) is 0 Å². The minimum absolute atomic E-state index is 0.0958. The molecule has 2 unspecified atom stereocenters. The summed E-state index contributed by atoms with van der Waals surface area (Å²) < 4.78 is 35.4. The van der Waals surface area contributed by atoms with Crippen LogP contribution in [0.5, 0.6) is 11.5 Å². The van der Waals surface area contributed by atoms with Crippen molar-refractivity contribution in [2.45, 2.75) is 19.4 Å². The number of nitro benzene ring substituents is 1. The molecule has 8 nitrogen and oxygen atoms in total. The van der Waals surface area contributed by atoms with Crippen molar-refractivity contribution in [2.75, 3.05) is 13.2 Å². The van der Waals surface area contributed by atoms with Crippen molar-refractivity contribution >= 4 is 29.4 Å². The largest absolute Gasteiger partial charge is 0.530 e. The zero-order valence-corrected chi connectivity index (χ0v) is 16.9. The highest BCUT2D eigenvalue weighted by Gasteiger charge is 2.38. The average molecular weight is 458 g/mol. The summed E-state index contributed by atoms with van der Waals surface area (Å²) in [5.41, 5.74) is 0.685. The molecule has 1 fully saturated rings. The molecule has 3 rings (SSSR count). The second-order valence-electron chi connectivity index (χ2n) is 5.66. The van der Waals surface area contributed by atoms with E-state index < -0.39 is 18.8 Å². The molecule has 0 N–H and O–H groups in total. The molecule has 1 aliphatic heterocycles. The first-order valence-electron chi connectivity index (χ1n) is 8.19. The van der Waals surface area contributed by atoms with Crippen LogP contribution < -0.4 is 9.26 Å². The number of phosphoric ester groups is 1. The molecule has 1 saturated heterocycles. The Labute approximate surface area is 164 Å². The molecular weight excluding hydrogens is 441 g/mol. The van der Waals surface area contributed by atoms with Crippen molar-refractivity contribution in [2.24, 2.45) is 0 Å². The molecule has 10 heteroatoms. The van der Waals surface area contributed by atoms with Crippen molar-refractivity contribution in [1.29, 1.82) is 0 Å². The molecule has 2 aromatic carbocycles. The zero-order chi connectivity index (χ0) is 19.4. The molecule has 27 heavy (non-hydrogen) atoms. The van der Waals surface area contributed by atoms with Crippen molar-refractivity contribution < 1.29 is 27.8 Å². The Morgan fingerprint density at radius 1 is 1.26 bits per heavy atom.